The van der Waals surface area contributed by atoms with E-state index < -0.39 is 11.6 Å². The standard InChI is InChI=1S/C20H17F2NO2/c21-17-10-9-15(19(22)12-17)6-3-14-4-7-16(8-5-14)20(24)23-13-18-2-1-11-25-18/h4-5,7-10,12,18H,1-2,11,13H2,(H,23,24). The number of carbonyl (C=O) groups excluding carboxylic acids is 1. The maximum atomic E-state index is 13.5. The summed E-state index contributed by atoms with van der Waals surface area (Å²) in [6.45, 7) is 1.26. The highest BCUT2D eigenvalue weighted by molar-refractivity contribution is 5.94. The molecule has 1 amide bonds. The number of carbonyl (C=O) groups is 1. The molecule has 3 rings (SSSR count). The average Bonchev–Trinajstić information content (AvgIpc) is 3.13. The van der Waals surface area contributed by atoms with Crippen molar-refractivity contribution in [1.29, 1.82) is 0 Å². The first-order valence-corrected chi connectivity index (χ1v) is 8.09. The molecule has 2 aromatic carbocycles. The van der Waals surface area contributed by atoms with Crippen LogP contribution in [0.3, 0.4) is 0 Å². The van der Waals surface area contributed by atoms with Gasteiger partial charge in [-0.1, -0.05) is 11.8 Å². The summed E-state index contributed by atoms with van der Waals surface area (Å²) in [7, 11) is 0. The van der Waals surface area contributed by atoms with E-state index in [-0.39, 0.29) is 17.6 Å². The van der Waals surface area contributed by atoms with Crippen molar-refractivity contribution in [2.24, 2.45) is 0 Å². The second-order valence-electron chi connectivity index (χ2n) is 5.80. The molecule has 0 saturated carbocycles. The summed E-state index contributed by atoms with van der Waals surface area (Å²) < 4.78 is 31.9. The highest BCUT2D eigenvalue weighted by Gasteiger charge is 2.16. The molecular weight excluding hydrogens is 324 g/mol. The molecule has 5 heteroatoms. The van der Waals surface area contributed by atoms with Crippen LogP contribution in [0.25, 0.3) is 0 Å². The van der Waals surface area contributed by atoms with Crippen molar-refractivity contribution in [3.63, 3.8) is 0 Å². The molecule has 3 nitrogen and oxygen atoms in total. The molecule has 1 N–H and O–H groups in total. The van der Waals surface area contributed by atoms with Gasteiger partial charge in [-0.3, -0.25) is 4.79 Å². The molecule has 1 aliphatic rings. The summed E-state index contributed by atoms with van der Waals surface area (Å²) >= 11 is 0. The van der Waals surface area contributed by atoms with Crippen molar-refractivity contribution >= 4 is 5.91 Å². The summed E-state index contributed by atoms with van der Waals surface area (Å²) in [5.41, 5.74) is 1.29. The summed E-state index contributed by atoms with van der Waals surface area (Å²) in [4.78, 5) is 12.1. The van der Waals surface area contributed by atoms with Gasteiger partial charge in [0.2, 0.25) is 0 Å². The monoisotopic (exact) mass is 341 g/mol. The van der Waals surface area contributed by atoms with Crippen molar-refractivity contribution in [2.75, 3.05) is 13.2 Å². The minimum absolute atomic E-state index is 0.0969. The summed E-state index contributed by atoms with van der Waals surface area (Å²) in [5.74, 6) is 3.96. The van der Waals surface area contributed by atoms with Crippen LogP contribution in [-0.4, -0.2) is 25.2 Å². The quantitative estimate of drug-likeness (QED) is 0.870. The number of nitrogens with one attached hydrogen (secondary N) is 1. The Labute approximate surface area is 145 Å². The van der Waals surface area contributed by atoms with E-state index >= 15 is 0 Å². The molecule has 128 valence electrons. The highest BCUT2D eigenvalue weighted by Crippen LogP contribution is 2.11. The van der Waals surface area contributed by atoms with Gasteiger partial charge in [-0.2, -0.15) is 0 Å². The van der Waals surface area contributed by atoms with Gasteiger partial charge in [0.1, 0.15) is 11.6 Å². The Morgan fingerprint density at radius 2 is 1.96 bits per heavy atom. The zero-order valence-electron chi connectivity index (χ0n) is 13.5. The largest absolute Gasteiger partial charge is 0.376 e. The third kappa shape index (κ3) is 4.65. The first kappa shape index (κ1) is 17.1. The first-order valence-electron chi connectivity index (χ1n) is 8.09. The Morgan fingerprint density at radius 3 is 2.64 bits per heavy atom. The maximum Gasteiger partial charge on any atom is 0.251 e. The molecule has 1 atom stereocenters. The van der Waals surface area contributed by atoms with Gasteiger partial charge in [-0.25, -0.2) is 8.78 Å². The molecule has 25 heavy (non-hydrogen) atoms. The molecule has 0 radical (unpaired) electrons. The van der Waals surface area contributed by atoms with Gasteiger partial charge in [0, 0.05) is 30.3 Å². The normalized spacial score (nSPS) is 16.2. The summed E-state index contributed by atoms with van der Waals surface area (Å²) in [5, 5.41) is 2.85. The van der Waals surface area contributed by atoms with Crippen molar-refractivity contribution in [3.05, 3.63) is 70.8 Å². The number of hydrogen-bond donors (Lipinski definition) is 1. The number of benzene rings is 2. The van der Waals surface area contributed by atoms with Gasteiger partial charge in [0.05, 0.1) is 11.7 Å². The molecular formula is C20H17F2NO2. The van der Waals surface area contributed by atoms with E-state index in [1.807, 2.05) is 0 Å². The number of ether oxygens (including phenoxy) is 1. The minimum atomic E-state index is -0.697. The van der Waals surface area contributed by atoms with Crippen LogP contribution in [-0.2, 0) is 4.74 Å². The van der Waals surface area contributed by atoms with Crippen molar-refractivity contribution in [2.45, 2.75) is 18.9 Å². The number of halogens is 2. The molecule has 1 unspecified atom stereocenters. The topological polar surface area (TPSA) is 38.3 Å². The second-order valence-corrected chi connectivity index (χ2v) is 5.80. The van der Waals surface area contributed by atoms with E-state index in [4.69, 9.17) is 4.74 Å². The van der Waals surface area contributed by atoms with Gasteiger partial charge in [-0.15, -0.1) is 0 Å². The van der Waals surface area contributed by atoms with Crippen molar-refractivity contribution in [1.82, 2.24) is 5.32 Å². The van der Waals surface area contributed by atoms with Crippen LogP contribution >= 0.6 is 0 Å². The molecule has 0 bridgehead atoms. The maximum absolute atomic E-state index is 13.5. The highest BCUT2D eigenvalue weighted by atomic mass is 19.1. The fraction of sp³-hybridized carbons (Fsp3) is 0.250. The molecule has 1 heterocycles. The molecule has 1 fully saturated rings. The number of hydrogen-bond acceptors (Lipinski definition) is 2. The van der Waals surface area contributed by atoms with Gasteiger partial charge in [-0.05, 0) is 49.2 Å². The molecule has 0 aliphatic carbocycles. The van der Waals surface area contributed by atoms with Gasteiger partial charge in [0.15, 0.2) is 0 Å². The van der Waals surface area contributed by atoms with Crippen LogP contribution in [0.4, 0.5) is 8.78 Å². The zero-order chi connectivity index (χ0) is 17.6. The lowest BCUT2D eigenvalue weighted by molar-refractivity contribution is 0.0858. The second kappa shape index (κ2) is 7.91. The van der Waals surface area contributed by atoms with Crippen LogP contribution in [0.1, 0.15) is 34.3 Å². The van der Waals surface area contributed by atoms with Crippen LogP contribution < -0.4 is 5.32 Å². The van der Waals surface area contributed by atoms with E-state index in [0.717, 1.165) is 31.6 Å². The van der Waals surface area contributed by atoms with Gasteiger partial charge in [0.25, 0.3) is 5.91 Å². The summed E-state index contributed by atoms with van der Waals surface area (Å²) in [6.07, 6.45) is 2.09. The van der Waals surface area contributed by atoms with E-state index in [1.165, 1.54) is 6.07 Å². The van der Waals surface area contributed by atoms with E-state index in [1.54, 1.807) is 24.3 Å². The Hall–Kier alpha value is -2.71. The third-order valence-electron chi connectivity index (χ3n) is 3.93. The van der Waals surface area contributed by atoms with Crippen molar-refractivity contribution < 1.29 is 18.3 Å². The molecule has 2 aromatic rings. The van der Waals surface area contributed by atoms with Crippen LogP contribution in [0.15, 0.2) is 42.5 Å². The average molecular weight is 341 g/mol. The predicted octanol–water partition coefficient (Wildman–Crippen LogP) is 3.27. The lowest BCUT2D eigenvalue weighted by Crippen LogP contribution is -2.31. The molecule has 0 spiro atoms. The van der Waals surface area contributed by atoms with E-state index in [2.05, 4.69) is 17.2 Å². The zero-order valence-corrected chi connectivity index (χ0v) is 13.5. The van der Waals surface area contributed by atoms with Crippen LogP contribution in [0.5, 0.6) is 0 Å². The van der Waals surface area contributed by atoms with E-state index in [0.29, 0.717) is 17.7 Å². The Balaban J connectivity index is 1.62. The Bertz CT molecular complexity index is 816. The van der Waals surface area contributed by atoms with E-state index in [9.17, 15) is 13.6 Å². The SMILES string of the molecule is O=C(NCC1CCCO1)c1ccc(C#Cc2ccc(F)cc2F)cc1. The lowest BCUT2D eigenvalue weighted by atomic mass is 10.1. The third-order valence-corrected chi connectivity index (χ3v) is 3.93. The predicted molar refractivity (Wildman–Crippen MR) is 90.1 cm³/mol. The number of rotatable bonds is 3. The molecule has 1 saturated heterocycles. The summed E-state index contributed by atoms with van der Waals surface area (Å²) in [6, 6.07) is 9.96. The molecule has 0 aromatic heterocycles. The van der Waals surface area contributed by atoms with Gasteiger partial charge >= 0.3 is 0 Å². The Kier molecular flexibility index (Phi) is 5.42. The molecule has 1 aliphatic heterocycles. The van der Waals surface area contributed by atoms with Crippen LogP contribution in [0, 0.1) is 23.5 Å². The smallest absolute Gasteiger partial charge is 0.251 e. The van der Waals surface area contributed by atoms with Crippen molar-refractivity contribution in [3.8, 4) is 11.8 Å². The lowest BCUT2D eigenvalue weighted by Gasteiger charge is -2.10. The van der Waals surface area contributed by atoms with Gasteiger partial charge < -0.3 is 10.1 Å². The Morgan fingerprint density at radius 1 is 1.16 bits per heavy atom. The first-order chi connectivity index (χ1) is 12.1. The van der Waals surface area contributed by atoms with Crippen LogP contribution in [0.2, 0.25) is 0 Å². The number of amides is 1. The fourth-order valence-electron chi connectivity index (χ4n) is 2.55. The minimum Gasteiger partial charge on any atom is -0.376 e. The fourth-order valence-corrected chi connectivity index (χ4v) is 2.55.